The second kappa shape index (κ2) is 5.22. The highest BCUT2D eigenvalue weighted by Gasteiger charge is 2.24. The summed E-state index contributed by atoms with van der Waals surface area (Å²) in [7, 11) is 0. The molecule has 0 radical (unpaired) electrons. The molecule has 0 bridgehead atoms. The molecule has 1 fully saturated rings. The minimum absolute atomic E-state index is 0.0366. The van der Waals surface area contributed by atoms with Crippen molar-refractivity contribution in [2.45, 2.75) is 18.9 Å². The van der Waals surface area contributed by atoms with Crippen molar-refractivity contribution in [2.75, 3.05) is 13.1 Å². The average molecular weight is 346 g/mol. The van der Waals surface area contributed by atoms with E-state index < -0.39 is 0 Å². The van der Waals surface area contributed by atoms with Gasteiger partial charge in [0.05, 0.1) is 5.56 Å². The van der Waals surface area contributed by atoms with E-state index in [2.05, 4.69) is 22.6 Å². The summed E-state index contributed by atoms with van der Waals surface area (Å²) in [6, 6.07) is 5.09. The molecule has 1 heterocycles. The molecule has 3 N–H and O–H groups in total. The summed E-state index contributed by atoms with van der Waals surface area (Å²) < 4.78 is 0.935. The van der Waals surface area contributed by atoms with Crippen LogP contribution in [0, 0.1) is 3.57 Å². The van der Waals surface area contributed by atoms with Gasteiger partial charge in [-0.25, -0.2) is 0 Å². The van der Waals surface area contributed by atoms with Gasteiger partial charge in [-0.1, -0.05) is 0 Å². The number of nitrogens with zero attached hydrogens (tertiary/aromatic N) is 1. The Labute approximate surface area is 114 Å². The minimum atomic E-state index is -0.129. The maximum absolute atomic E-state index is 12.2. The maximum atomic E-state index is 12.2. The zero-order valence-corrected chi connectivity index (χ0v) is 11.6. The highest BCUT2D eigenvalue weighted by Crippen LogP contribution is 2.22. The molecule has 1 aromatic rings. The first-order valence-electron chi connectivity index (χ1n) is 5.61. The molecule has 1 amide bonds. The van der Waals surface area contributed by atoms with Gasteiger partial charge in [0, 0.05) is 22.7 Å². The fourth-order valence-corrected chi connectivity index (χ4v) is 2.54. The molecule has 17 heavy (non-hydrogen) atoms. The third kappa shape index (κ3) is 2.90. The summed E-state index contributed by atoms with van der Waals surface area (Å²) in [5.41, 5.74) is 6.22. The number of carbonyl (C=O) groups excluding carboxylic acids is 1. The molecule has 0 saturated carbocycles. The summed E-state index contributed by atoms with van der Waals surface area (Å²) in [4.78, 5) is 13.9. The Morgan fingerprint density at radius 2 is 2.29 bits per heavy atom. The van der Waals surface area contributed by atoms with Gasteiger partial charge < -0.3 is 15.7 Å². The number of nitrogens with two attached hydrogens (primary N) is 1. The fourth-order valence-electron chi connectivity index (χ4n) is 2.04. The second-order valence-electron chi connectivity index (χ2n) is 4.31. The Kier molecular flexibility index (Phi) is 3.88. The van der Waals surface area contributed by atoms with Gasteiger partial charge >= 0.3 is 0 Å². The first-order valence-corrected chi connectivity index (χ1v) is 6.69. The molecule has 0 aliphatic carbocycles. The fraction of sp³-hybridized carbons (Fsp3) is 0.417. The van der Waals surface area contributed by atoms with Crippen LogP contribution in [-0.4, -0.2) is 35.0 Å². The molecule has 0 unspecified atom stereocenters. The first kappa shape index (κ1) is 12.6. The predicted octanol–water partition coefficient (Wildman–Crippen LogP) is 1.56. The molecule has 1 saturated heterocycles. The zero-order chi connectivity index (χ0) is 12.4. The van der Waals surface area contributed by atoms with E-state index in [1.807, 2.05) is 0 Å². The van der Waals surface area contributed by atoms with Crippen LogP contribution < -0.4 is 5.73 Å². The molecule has 92 valence electrons. The van der Waals surface area contributed by atoms with Crippen molar-refractivity contribution >= 4 is 28.5 Å². The van der Waals surface area contributed by atoms with Crippen molar-refractivity contribution in [3.63, 3.8) is 0 Å². The number of rotatable bonds is 1. The van der Waals surface area contributed by atoms with Gasteiger partial charge in [0.25, 0.3) is 5.91 Å². The lowest BCUT2D eigenvalue weighted by molar-refractivity contribution is 0.0705. The van der Waals surface area contributed by atoms with Gasteiger partial charge in [0.15, 0.2) is 0 Å². The van der Waals surface area contributed by atoms with Crippen LogP contribution in [-0.2, 0) is 0 Å². The predicted molar refractivity (Wildman–Crippen MR) is 73.9 cm³/mol. The summed E-state index contributed by atoms with van der Waals surface area (Å²) >= 11 is 2.12. The van der Waals surface area contributed by atoms with Crippen LogP contribution in [0.5, 0.6) is 5.75 Å². The number of phenols is 1. The summed E-state index contributed by atoms with van der Waals surface area (Å²) in [6.07, 6.45) is 1.89. The Hall–Kier alpha value is -0.820. The van der Waals surface area contributed by atoms with Crippen LogP contribution in [0.15, 0.2) is 18.2 Å². The quantitative estimate of drug-likeness (QED) is 0.759. The largest absolute Gasteiger partial charge is 0.507 e. The van der Waals surface area contributed by atoms with E-state index in [1.54, 1.807) is 23.1 Å². The Morgan fingerprint density at radius 3 is 3.00 bits per heavy atom. The number of carbonyl (C=O) groups is 1. The van der Waals surface area contributed by atoms with Crippen molar-refractivity contribution in [3.8, 4) is 5.75 Å². The highest BCUT2D eigenvalue weighted by atomic mass is 127. The van der Waals surface area contributed by atoms with Gasteiger partial charge in [-0.05, 0) is 53.6 Å². The van der Waals surface area contributed by atoms with E-state index in [9.17, 15) is 9.90 Å². The van der Waals surface area contributed by atoms with Crippen LogP contribution in [0.3, 0.4) is 0 Å². The van der Waals surface area contributed by atoms with E-state index in [-0.39, 0.29) is 17.7 Å². The molecule has 2 rings (SSSR count). The lowest BCUT2D eigenvalue weighted by atomic mass is 10.1. The average Bonchev–Trinajstić information content (AvgIpc) is 2.31. The molecule has 0 aromatic heterocycles. The van der Waals surface area contributed by atoms with Gasteiger partial charge in [0.2, 0.25) is 0 Å². The monoisotopic (exact) mass is 346 g/mol. The van der Waals surface area contributed by atoms with Gasteiger partial charge in [0.1, 0.15) is 5.75 Å². The number of piperidine rings is 1. The molecule has 1 aliphatic heterocycles. The van der Waals surface area contributed by atoms with Crippen molar-refractivity contribution in [3.05, 3.63) is 27.3 Å². The van der Waals surface area contributed by atoms with Gasteiger partial charge in [-0.15, -0.1) is 0 Å². The zero-order valence-electron chi connectivity index (χ0n) is 9.40. The molecule has 1 atom stereocenters. The summed E-state index contributed by atoms with van der Waals surface area (Å²) in [5.74, 6) is -0.0919. The maximum Gasteiger partial charge on any atom is 0.257 e. The van der Waals surface area contributed by atoms with E-state index in [0.29, 0.717) is 12.1 Å². The highest BCUT2D eigenvalue weighted by molar-refractivity contribution is 14.1. The third-order valence-corrected chi connectivity index (χ3v) is 3.61. The second-order valence-corrected chi connectivity index (χ2v) is 5.56. The normalized spacial score (nSPS) is 20.4. The van der Waals surface area contributed by atoms with E-state index >= 15 is 0 Å². The molecular formula is C12H15IN2O2. The van der Waals surface area contributed by atoms with Crippen LogP contribution in [0.25, 0.3) is 0 Å². The molecular weight excluding hydrogens is 331 g/mol. The molecule has 0 spiro atoms. The number of phenolic OH excluding ortho intramolecular Hbond substituents is 1. The summed E-state index contributed by atoms with van der Waals surface area (Å²) in [5, 5.41) is 9.72. The van der Waals surface area contributed by atoms with Crippen molar-refractivity contribution in [1.82, 2.24) is 4.90 Å². The molecule has 5 heteroatoms. The van der Waals surface area contributed by atoms with Crippen LogP contribution in [0.1, 0.15) is 23.2 Å². The lowest BCUT2D eigenvalue weighted by Crippen LogP contribution is -2.45. The number of aromatic hydroxyl groups is 1. The number of halogens is 1. The number of likely N-dealkylation sites (tertiary alicyclic amines) is 1. The van der Waals surface area contributed by atoms with E-state index in [4.69, 9.17) is 5.73 Å². The number of amides is 1. The van der Waals surface area contributed by atoms with E-state index in [0.717, 1.165) is 23.0 Å². The van der Waals surface area contributed by atoms with Crippen LogP contribution in [0.2, 0.25) is 0 Å². The minimum Gasteiger partial charge on any atom is -0.507 e. The van der Waals surface area contributed by atoms with Crippen molar-refractivity contribution in [1.29, 1.82) is 0 Å². The molecule has 1 aliphatic rings. The third-order valence-electron chi connectivity index (χ3n) is 2.93. The Morgan fingerprint density at radius 1 is 1.53 bits per heavy atom. The van der Waals surface area contributed by atoms with Gasteiger partial charge in [-0.3, -0.25) is 4.79 Å². The van der Waals surface area contributed by atoms with Crippen LogP contribution in [0.4, 0.5) is 0 Å². The molecule has 4 nitrogen and oxygen atoms in total. The van der Waals surface area contributed by atoms with Crippen molar-refractivity contribution < 1.29 is 9.90 Å². The first-order chi connectivity index (χ1) is 8.08. The lowest BCUT2D eigenvalue weighted by Gasteiger charge is -2.31. The topological polar surface area (TPSA) is 66.6 Å². The standard InChI is InChI=1S/C12H15IN2O2/c13-8-3-4-11(16)10(6-8)12(17)15-5-1-2-9(14)7-15/h3-4,6,9,16H,1-2,5,7,14H2/t9-/m1/s1. The Bertz CT molecular complexity index is 437. The number of hydrogen-bond acceptors (Lipinski definition) is 3. The summed E-state index contributed by atoms with van der Waals surface area (Å²) in [6.45, 7) is 1.29. The Balaban J connectivity index is 2.21. The molecule has 1 aromatic carbocycles. The number of benzene rings is 1. The van der Waals surface area contributed by atoms with Crippen LogP contribution >= 0.6 is 22.6 Å². The smallest absolute Gasteiger partial charge is 0.257 e. The number of hydrogen-bond donors (Lipinski definition) is 2. The van der Waals surface area contributed by atoms with Gasteiger partial charge in [-0.2, -0.15) is 0 Å². The SMILES string of the molecule is N[C@@H]1CCCN(C(=O)c2cc(I)ccc2O)C1. The van der Waals surface area contributed by atoms with Crippen molar-refractivity contribution in [2.24, 2.45) is 5.73 Å². The van der Waals surface area contributed by atoms with E-state index in [1.165, 1.54) is 0 Å².